The molecule has 0 saturated carbocycles. The van der Waals surface area contributed by atoms with Gasteiger partial charge in [-0.1, -0.05) is 48.6 Å². The van der Waals surface area contributed by atoms with Gasteiger partial charge in [0.2, 0.25) is 0 Å². The molecular formula is C16H12O3. The van der Waals surface area contributed by atoms with Gasteiger partial charge in [0, 0.05) is 5.57 Å². The van der Waals surface area contributed by atoms with Crippen molar-refractivity contribution in [1.82, 2.24) is 0 Å². The van der Waals surface area contributed by atoms with Crippen molar-refractivity contribution < 1.29 is 14.3 Å². The molecule has 3 heteroatoms. The Bertz CT molecular complexity index is 651. The van der Waals surface area contributed by atoms with E-state index in [1.165, 1.54) is 7.11 Å². The Hall–Kier alpha value is -2.42. The summed E-state index contributed by atoms with van der Waals surface area (Å²) in [4.78, 5) is 24.4. The second-order valence-electron chi connectivity index (χ2n) is 4.45. The van der Waals surface area contributed by atoms with Crippen molar-refractivity contribution in [2.75, 3.05) is 7.11 Å². The predicted octanol–water partition coefficient (Wildman–Crippen LogP) is 2.20. The number of ether oxygens (including phenoxy) is 1. The van der Waals surface area contributed by atoms with Gasteiger partial charge < -0.3 is 4.74 Å². The van der Waals surface area contributed by atoms with Crippen LogP contribution in [0.2, 0.25) is 0 Å². The van der Waals surface area contributed by atoms with Gasteiger partial charge in [-0.3, -0.25) is 9.59 Å². The van der Waals surface area contributed by atoms with Crippen LogP contribution in [0.3, 0.4) is 0 Å². The number of rotatable bonds is 1. The van der Waals surface area contributed by atoms with Crippen LogP contribution in [0.5, 0.6) is 0 Å². The summed E-state index contributed by atoms with van der Waals surface area (Å²) < 4.78 is 4.78. The van der Waals surface area contributed by atoms with Crippen LogP contribution in [-0.2, 0) is 14.3 Å². The van der Waals surface area contributed by atoms with E-state index in [2.05, 4.69) is 0 Å². The molecule has 0 radical (unpaired) electrons. The quantitative estimate of drug-likeness (QED) is 0.531. The molecule has 0 aliphatic heterocycles. The topological polar surface area (TPSA) is 43.4 Å². The van der Waals surface area contributed by atoms with Crippen molar-refractivity contribution in [3.63, 3.8) is 0 Å². The number of allylic oxidation sites excluding steroid dienone is 11. The van der Waals surface area contributed by atoms with E-state index in [0.717, 1.165) is 11.1 Å². The van der Waals surface area contributed by atoms with Gasteiger partial charge in [0.15, 0.2) is 5.78 Å². The number of hydrogen-bond acceptors (Lipinski definition) is 3. The minimum absolute atomic E-state index is 0.189. The molecule has 0 saturated heterocycles. The zero-order valence-electron chi connectivity index (χ0n) is 10.4. The zero-order chi connectivity index (χ0) is 13.4. The van der Waals surface area contributed by atoms with Crippen LogP contribution in [-0.4, -0.2) is 18.9 Å². The van der Waals surface area contributed by atoms with Gasteiger partial charge in [-0.2, -0.15) is 0 Å². The molecule has 1 atom stereocenters. The second kappa shape index (κ2) is 4.35. The van der Waals surface area contributed by atoms with Crippen LogP contribution in [0, 0.1) is 5.92 Å². The number of methoxy groups -OCH3 is 1. The van der Waals surface area contributed by atoms with Crippen molar-refractivity contribution in [2.24, 2.45) is 5.92 Å². The Labute approximate surface area is 110 Å². The number of esters is 1. The van der Waals surface area contributed by atoms with E-state index >= 15 is 0 Å². The maximum absolute atomic E-state index is 12.4. The molecule has 0 bridgehead atoms. The lowest BCUT2D eigenvalue weighted by Gasteiger charge is -2.25. The maximum Gasteiger partial charge on any atom is 0.321 e. The molecule has 3 aliphatic rings. The molecule has 3 rings (SSSR count). The van der Waals surface area contributed by atoms with Crippen molar-refractivity contribution in [2.45, 2.75) is 0 Å². The Morgan fingerprint density at radius 2 is 1.84 bits per heavy atom. The summed E-state index contributed by atoms with van der Waals surface area (Å²) in [6.45, 7) is 0. The standard InChI is InChI=1S/C16H12O3/c1-19-16(18)14-12-7-4-2-3-6-10(12)11-8-5-9-13(11)15(14)17/h2-9,14H,1H3. The van der Waals surface area contributed by atoms with E-state index in [-0.39, 0.29) is 5.78 Å². The number of carbonyl (C=O) groups is 2. The monoisotopic (exact) mass is 252 g/mol. The summed E-state index contributed by atoms with van der Waals surface area (Å²) in [5, 5.41) is 0. The summed E-state index contributed by atoms with van der Waals surface area (Å²) >= 11 is 0. The lowest BCUT2D eigenvalue weighted by atomic mass is 9.76. The molecule has 1 unspecified atom stereocenters. The molecule has 0 N–H and O–H groups in total. The van der Waals surface area contributed by atoms with Crippen molar-refractivity contribution >= 4 is 11.8 Å². The second-order valence-corrected chi connectivity index (χ2v) is 4.45. The minimum Gasteiger partial charge on any atom is -0.468 e. The summed E-state index contributed by atoms with van der Waals surface area (Å²) in [6, 6.07) is 0. The Morgan fingerprint density at radius 1 is 1.05 bits per heavy atom. The van der Waals surface area contributed by atoms with Gasteiger partial charge in [0.25, 0.3) is 0 Å². The van der Waals surface area contributed by atoms with Crippen molar-refractivity contribution in [3.05, 3.63) is 70.9 Å². The number of ketones is 1. The molecule has 0 aromatic heterocycles. The molecule has 0 aromatic carbocycles. The molecule has 0 heterocycles. The Morgan fingerprint density at radius 3 is 2.63 bits per heavy atom. The first-order chi connectivity index (χ1) is 9.24. The normalized spacial score (nSPS) is 23.6. The van der Waals surface area contributed by atoms with E-state index in [1.54, 1.807) is 6.08 Å². The number of Topliss-reactive ketones (excluding diaryl/α,β-unsaturated/α-hetero) is 1. The van der Waals surface area contributed by atoms with E-state index < -0.39 is 11.9 Å². The molecule has 0 amide bonds. The highest BCUT2D eigenvalue weighted by Crippen LogP contribution is 2.40. The fourth-order valence-corrected chi connectivity index (χ4v) is 2.58. The average molecular weight is 252 g/mol. The summed E-state index contributed by atoms with van der Waals surface area (Å²) in [5.74, 6) is -1.56. The van der Waals surface area contributed by atoms with E-state index in [4.69, 9.17) is 4.74 Å². The van der Waals surface area contributed by atoms with Crippen LogP contribution < -0.4 is 0 Å². The zero-order valence-corrected chi connectivity index (χ0v) is 10.4. The molecule has 19 heavy (non-hydrogen) atoms. The van der Waals surface area contributed by atoms with Gasteiger partial charge >= 0.3 is 5.97 Å². The summed E-state index contributed by atoms with van der Waals surface area (Å²) in [5.41, 5.74) is 3.10. The average Bonchev–Trinajstić information content (AvgIpc) is 2.79. The van der Waals surface area contributed by atoms with Crippen LogP contribution in [0.25, 0.3) is 0 Å². The highest BCUT2D eigenvalue weighted by Gasteiger charge is 2.40. The van der Waals surface area contributed by atoms with Crippen molar-refractivity contribution in [1.29, 1.82) is 0 Å². The number of hydrogen-bond donors (Lipinski definition) is 0. The highest BCUT2D eigenvalue weighted by molar-refractivity contribution is 6.16. The van der Waals surface area contributed by atoms with Crippen LogP contribution in [0.1, 0.15) is 0 Å². The summed E-state index contributed by atoms with van der Waals surface area (Å²) in [6.07, 6.45) is 14.8. The number of fused-ring (bicyclic) bond motifs is 2. The molecule has 3 nitrogen and oxygen atoms in total. The SMILES string of the molecule is COC(=O)C1C(=O)C2=CC=CC2=C2C=CC=CC=C21. The summed E-state index contributed by atoms with van der Waals surface area (Å²) in [7, 11) is 1.30. The molecule has 0 spiro atoms. The van der Waals surface area contributed by atoms with Gasteiger partial charge in [0.05, 0.1) is 7.11 Å². The van der Waals surface area contributed by atoms with Crippen LogP contribution in [0.15, 0.2) is 70.9 Å². The third-order valence-corrected chi connectivity index (χ3v) is 3.45. The van der Waals surface area contributed by atoms with Gasteiger partial charge in [0.1, 0.15) is 5.92 Å². The van der Waals surface area contributed by atoms with Gasteiger partial charge in [-0.25, -0.2) is 0 Å². The molecule has 0 aromatic rings. The Balaban J connectivity index is 2.24. The van der Waals surface area contributed by atoms with Crippen LogP contribution >= 0.6 is 0 Å². The first-order valence-electron chi connectivity index (χ1n) is 6.04. The minimum atomic E-state index is -0.859. The van der Waals surface area contributed by atoms with Crippen LogP contribution in [0.4, 0.5) is 0 Å². The molecule has 0 fully saturated rings. The fourth-order valence-electron chi connectivity index (χ4n) is 2.58. The molecule has 3 aliphatic carbocycles. The first kappa shape index (κ1) is 11.7. The highest BCUT2D eigenvalue weighted by atomic mass is 16.5. The van der Waals surface area contributed by atoms with E-state index in [0.29, 0.717) is 11.1 Å². The van der Waals surface area contributed by atoms with Gasteiger partial charge in [-0.15, -0.1) is 0 Å². The van der Waals surface area contributed by atoms with E-state index in [9.17, 15) is 9.59 Å². The third-order valence-electron chi connectivity index (χ3n) is 3.45. The lowest BCUT2D eigenvalue weighted by Crippen LogP contribution is -2.32. The Kier molecular flexibility index (Phi) is 2.67. The number of carbonyl (C=O) groups excluding carboxylic acids is 2. The predicted molar refractivity (Wildman–Crippen MR) is 71.1 cm³/mol. The first-order valence-corrected chi connectivity index (χ1v) is 6.04. The fraction of sp³-hybridized carbons (Fsp3) is 0.125. The van der Waals surface area contributed by atoms with Crippen molar-refractivity contribution in [3.8, 4) is 0 Å². The molecular weight excluding hydrogens is 240 g/mol. The maximum atomic E-state index is 12.4. The molecule has 94 valence electrons. The lowest BCUT2D eigenvalue weighted by molar-refractivity contribution is -0.146. The largest absolute Gasteiger partial charge is 0.468 e. The van der Waals surface area contributed by atoms with Gasteiger partial charge in [-0.05, 0) is 16.7 Å². The van der Waals surface area contributed by atoms with E-state index in [1.807, 2.05) is 42.5 Å². The smallest absolute Gasteiger partial charge is 0.321 e. The third kappa shape index (κ3) is 1.66.